The molecule has 2 aliphatic rings. The molecule has 1 saturated carbocycles. The van der Waals surface area contributed by atoms with Crippen LogP contribution in [0.15, 0.2) is 36.4 Å². The number of benzene rings is 2. The minimum Gasteiger partial charge on any atom is -0.493 e. The number of rotatable bonds is 5. The summed E-state index contributed by atoms with van der Waals surface area (Å²) in [5, 5.41) is 6.95. The number of ether oxygens (including phenoxy) is 2. The zero-order valence-electron chi connectivity index (χ0n) is 18.6. The number of anilines is 1. The molecule has 1 aliphatic carbocycles. The van der Waals surface area contributed by atoms with E-state index in [4.69, 9.17) is 32.7 Å². The molecule has 0 aromatic heterocycles. The van der Waals surface area contributed by atoms with Crippen molar-refractivity contribution in [3.63, 3.8) is 0 Å². The molecular weight excluding hydrogens is 449 g/mol. The van der Waals surface area contributed by atoms with Gasteiger partial charge >= 0.3 is 6.03 Å². The fraction of sp³-hybridized carbons (Fsp3) is 0.458. The van der Waals surface area contributed by atoms with Crippen molar-refractivity contribution in [2.45, 2.75) is 30.7 Å². The largest absolute Gasteiger partial charge is 0.493 e. The van der Waals surface area contributed by atoms with Crippen molar-refractivity contribution in [1.29, 1.82) is 0 Å². The number of methoxy groups -OCH3 is 2. The molecule has 1 saturated heterocycles. The highest BCUT2D eigenvalue weighted by molar-refractivity contribution is 6.35. The Bertz CT molecular complexity index is 1000. The molecule has 0 bridgehead atoms. The van der Waals surface area contributed by atoms with E-state index in [9.17, 15) is 4.79 Å². The van der Waals surface area contributed by atoms with Gasteiger partial charge in [-0.3, -0.25) is 0 Å². The van der Waals surface area contributed by atoms with Crippen LogP contribution in [0.3, 0.4) is 0 Å². The first-order valence-electron chi connectivity index (χ1n) is 10.8. The van der Waals surface area contributed by atoms with Crippen molar-refractivity contribution in [1.82, 2.24) is 10.2 Å². The highest BCUT2D eigenvalue weighted by Crippen LogP contribution is 2.49. The van der Waals surface area contributed by atoms with Crippen LogP contribution < -0.4 is 20.1 Å². The molecule has 2 unspecified atom stereocenters. The predicted molar refractivity (Wildman–Crippen MR) is 128 cm³/mol. The lowest BCUT2D eigenvalue weighted by atomic mass is 9.63. The molecule has 2 aromatic rings. The summed E-state index contributed by atoms with van der Waals surface area (Å²) in [6.45, 7) is 1.98. The summed E-state index contributed by atoms with van der Waals surface area (Å²) in [4.78, 5) is 15.0. The Hall–Kier alpha value is -2.15. The van der Waals surface area contributed by atoms with E-state index in [-0.39, 0.29) is 17.5 Å². The monoisotopic (exact) mass is 477 g/mol. The van der Waals surface area contributed by atoms with Crippen LogP contribution in [0, 0.1) is 5.92 Å². The number of likely N-dealkylation sites (N-methyl/N-ethyl adjacent to an activating group) is 1. The van der Waals surface area contributed by atoms with Crippen LogP contribution in [0.25, 0.3) is 0 Å². The SMILES string of the molecule is COc1ccc([C@@]23CCC(NC(=O)Nc4cc(Cl)ccc4Cl)CC2CN(C)C3)cc1OC. The van der Waals surface area contributed by atoms with E-state index < -0.39 is 0 Å². The third kappa shape index (κ3) is 4.49. The number of nitrogens with one attached hydrogen (secondary N) is 2. The highest BCUT2D eigenvalue weighted by atomic mass is 35.5. The fourth-order valence-electron chi connectivity index (χ4n) is 5.39. The molecule has 2 fully saturated rings. The Morgan fingerprint density at radius 1 is 1.12 bits per heavy atom. The molecule has 32 heavy (non-hydrogen) atoms. The van der Waals surface area contributed by atoms with Gasteiger partial charge in [-0.15, -0.1) is 0 Å². The standard InChI is InChI=1S/C24H29Cl2N3O3/c1-29-13-16-10-18(27-23(30)28-20-12-17(25)5-6-19(20)26)8-9-24(16,14-29)15-4-7-21(31-2)22(11-15)32-3/h4-7,11-12,16,18H,8-10,13-14H2,1-3H3,(H2,27,28,30)/t16?,18?,24-/m0/s1. The van der Waals surface area contributed by atoms with Gasteiger partial charge in [-0.25, -0.2) is 4.79 Å². The molecule has 2 N–H and O–H groups in total. The smallest absolute Gasteiger partial charge is 0.319 e. The van der Waals surface area contributed by atoms with Gasteiger partial charge in [0.25, 0.3) is 0 Å². The lowest BCUT2D eigenvalue weighted by Crippen LogP contribution is -2.48. The van der Waals surface area contributed by atoms with E-state index in [1.165, 1.54) is 5.56 Å². The van der Waals surface area contributed by atoms with E-state index in [0.717, 1.165) is 43.9 Å². The molecule has 0 spiro atoms. The average Bonchev–Trinajstić information content (AvgIpc) is 3.12. The normalized spacial score (nSPS) is 25.2. The number of fused-ring (bicyclic) bond motifs is 1. The van der Waals surface area contributed by atoms with Gasteiger partial charge in [0.15, 0.2) is 11.5 Å². The maximum atomic E-state index is 12.6. The molecular formula is C24H29Cl2N3O3. The van der Waals surface area contributed by atoms with Gasteiger partial charge in [-0.05, 0) is 68.1 Å². The third-order valence-electron chi connectivity index (χ3n) is 6.84. The molecule has 2 aromatic carbocycles. The molecule has 0 radical (unpaired) electrons. The number of halogens is 2. The molecule has 1 aliphatic heterocycles. The predicted octanol–water partition coefficient (Wildman–Crippen LogP) is 5.18. The molecule has 6 nitrogen and oxygen atoms in total. The molecule has 1 heterocycles. The highest BCUT2D eigenvalue weighted by Gasteiger charge is 2.50. The summed E-state index contributed by atoms with van der Waals surface area (Å²) in [6, 6.07) is 11.1. The number of likely N-dealkylation sites (tertiary alicyclic amines) is 1. The molecule has 8 heteroatoms. The van der Waals surface area contributed by atoms with Crippen LogP contribution in [0.4, 0.5) is 10.5 Å². The first-order valence-corrected chi connectivity index (χ1v) is 11.5. The van der Waals surface area contributed by atoms with Gasteiger partial charge in [-0.2, -0.15) is 0 Å². The van der Waals surface area contributed by atoms with Crippen molar-refractivity contribution in [3.05, 3.63) is 52.0 Å². The van der Waals surface area contributed by atoms with Crippen molar-refractivity contribution in [2.24, 2.45) is 5.92 Å². The van der Waals surface area contributed by atoms with Crippen molar-refractivity contribution < 1.29 is 14.3 Å². The summed E-state index contributed by atoms with van der Waals surface area (Å²) in [5.74, 6) is 1.92. The van der Waals surface area contributed by atoms with Crippen LogP contribution in [-0.4, -0.2) is 51.3 Å². The van der Waals surface area contributed by atoms with Gasteiger partial charge in [0.2, 0.25) is 0 Å². The minimum absolute atomic E-state index is 0.0409. The summed E-state index contributed by atoms with van der Waals surface area (Å²) in [6.07, 6.45) is 2.80. The number of amides is 2. The molecule has 3 atom stereocenters. The maximum Gasteiger partial charge on any atom is 0.319 e. The van der Waals surface area contributed by atoms with Crippen LogP contribution in [0.1, 0.15) is 24.8 Å². The number of nitrogens with zero attached hydrogens (tertiary/aromatic N) is 1. The third-order valence-corrected chi connectivity index (χ3v) is 7.41. The Kier molecular flexibility index (Phi) is 6.75. The minimum atomic E-state index is -0.260. The fourth-order valence-corrected chi connectivity index (χ4v) is 5.72. The van der Waals surface area contributed by atoms with E-state index in [1.807, 2.05) is 6.07 Å². The first-order chi connectivity index (χ1) is 15.3. The lowest BCUT2D eigenvalue weighted by molar-refractivity contribution is 0.197. The second kappa shape index (κ2) is 9.38. The van der Waals surface area contributed by atoms with Crippen molar-refractivity contribution >= 4 is 34.9 Å². The molecule has 172 valence electrons. The summed E-state index contributed by atoms with van der Waals surface area (Å²) in [7, 11) is 5.49. The number of hydrogen-bond acceptors (Lipinski definition) is 4. The molecule has 4 rings (SSSR count). The van der Waals surface area contributed by atoms with Gasteiger partial charge in [0.1, 0.15) is 0 Å². The van der Waals surface area contributed by atoms with Crippen LogP contribution in [0.5, 0.6) is 11.5 Å². The molecule has 2 amide bonds. The van der Waals surface area contributed by atoms with Crippen molar-refractivity contribution in [3.8, 4) is 11.5 Å². The van der Waals surface area contributed by atoms with Gasteiger partial charge in [0, 0.05) is 29.6 Å². The Labute approximate surface area is 199 Å². The quantitative estimate of drug-likeness (QED) is 0.622. The number of carbonyl (C=O) groups is 1. The Morgan fingerprint density at radius 2 is 1.91 bits per heavy atom. The second-order valence-corrected chi connectivity index (χ2v) is 9.66. The van der Waals surface area contributed by atoms with E-state index in [0.29, 0.717) is 21.7 Å². The average molecular weight is 478 g/mol. The first kappa shape index (κ1) is 23.0. The number of urea groups is 1. The number of hydrogen-bond donors (Lipinski definition) is 2. The zero-order valence-corrected chi connectivity index (χ0v) is 20.1. The zero-order chi connectivity index (χ0) is 22.9. The van der Waals surface area contributed by atoms with Crippen LogP contribution in [-0.2, 0) is 5.41 Å². The number of carbonyl (C=O) groups excluding carboxylic acids is 1. The van der Waals surface area contributed by atoms with E-state index in [1.54, 1.807) is 32.4 Å². The lowest BCUT2D eigenvalue weighted by Gasteiger charge is -2.42. The summed E-state index contributed by atoms with van der Waals surface area (Å²) >= 11 is 12.2. The van der Waals surface area contributed by atoms with Gasteiger partial charge < -0.3 is 25.0 Å². The van der Waals surface area contributed by atoms with Gasteiger partial charge in [0.05, 0.1) is 24.9 Å². The summed E-state index contributed by atoms with van der Waals surface area (Å²) < 4.78 is 11.0. The Morgan fingerprint density at radius 3 is 2.66 bits per heavy atom. The van der Waals surface area contributed by atoms with Crippen LogP contribution in [0.2, 0.25) is 10.0 Å². The Balaban J connectivity index is 1.48. The maximum absolute atomic E-state index is 12.6. The van der Waals surface area contributed by atoms with E-state index in [2.05, 4.69) is 34.7 Å². The van der Waals surface area contributed by atoms with Crippen molar-refractivity contribution in [2.75, 3.05) is 39.7 Å². The second-order valence-electron chi connectivity index (χ2n) is 8.81. The topological polar surface area (TPSA) is 62.8 Å². The van der Waals surface area contributed by atoms with Crippen LogP contribution >= 0.6 is 23.2 Å². The van der Waals surface area contributed by atoms with Gasteiger partial charge in [-0.1, -0.05) is 29.3 Å². The summed E-state index contributed by atoms with van der Waals surface area (Å²) in [5.41, 5.74) is 1.82. The van der Waals surface area contributed by atoms with E-state index >= 15 is 0 Å².